The number of hydrogen-bond acceptors (Lipinski definition) is 6. The minimum absolute atomic E-state index is 0.0966. The predicted octanol–water partition coefficient (Wildman–Crippen LogP) is 5.30. The van der Waals surface area contributed by atoms with E-state index in [2.05, 4.69) is 10.1 Å². The molecule has 196 valence electrons. The van der Waals surface area contributed by atoms with Crippen LogP contribution in [0, 0.1) is 11.8 Å². The smallest absolute Gasteiger partial charge is 0.416 e. The molecule has 1 N–H and O–H groups in total. The molecule has 2 aromatic carbocycles. The number of hydrogen-bond donors (Lipinski definition) is 1. The molecule has 0 saturated carbocycles. The molecule has 1 unspecified atom stereocenters. The van der Waals surface area contributed by atoms with Crippen LogP contribution in [0.5, 0.6) is 0 Å². The van der Waals surface area contributed by atoms with Crippen molar-refractivity contribution >= 4 is 5.97 Å². The van der Waals surface area contributed by atoms with E-state index in [9.17, 15) is 18.0 Å². The molecular weight excluding hydrogens is 487 g/mol. The Morgan fingerprint density at radius 1 is 1.05 bits per heavy atom. The quantitative estimate of drug-likeness (QED) is 0.457. The fourth-order valence-electron chi connectivity index (χ4n) is 4.97. The topological polar surface area (TPSA) is 88.7 Å². The summed E-state index contributed by atoms with van der Waals surface area (Å²) in [5, 5.41) is 12.9. The number of likely N-dealkylation sites (tertiary alicyclic amines) is 1. The van der Waals surface area contributed by atoms with E-state index < -0.39 is 17.7 Å². The van der Waals surface area contributed by atoms with Gasteiger partial charge >= 0.3 is 12.1 Å². The van der Waals surface area contributed by atoms with Gasteiger partial charge in [-0.05, 0) is 60.9 Å². The minimum Gasteiger partial charge on any atom is -0.481 e. The standard InChI is InChI=1S/C27H28F3N3O4/c28-27(29,30)23-13-21(8-7-20(23)12-17-2-1-10-36-11-9-17)24-31-25(37-32-24)19-5-3-18(4-6-19)14-33-15-22(16-33)26(34)35/h3-8,13,17,22H,1-2,9-12,14-16H2,(H,34,35). The summed E-state index contributed by atoms with van der Waals surface area (Å²) in [6, 6.07) is 11.7. The zero-order valence-electron chi connectivity index (χ0n) is 20.2. The summed E-state index contributed by atoms with van der Waals surface area (Å²) in [5.74, 6) is -0.611. The number of aromatic nitrogens is 2. The number of aliphatic carboxylic acids is 1. The van der Waals surface area contributed by atoms with Crippen molar-refractivity contribution in [2.75, 3.05) is 26.3 Å². The number of ether oxygens (including phenoxy) is 1. The number of halogens is 3. The molecule has 3 heterocycles. The first-order valence-electron chi connectivity index (χ1n) is 12.4. The third-order valence-electron chi connectivity index (χ3n) is 7.09. The van der Waals surface area contributed by atoms with E-state index in [1.807, 2.05) is 29.2 Å². The van der Waals surface area contributed by atoms with Crippen molar-refractivity contribution in [2.45, 2.75) is 38.4 Å². The van der Waals surface area contributed by atoms with Crippen LogP contribution in [-0.2, 0) is 28.7 Å². The summed E-state index contributed by atoms with van der Waals surface area (Å²) in [4.78, 5) is 17.3. The second-order valence-corrected chi connectivity index (χ2v) is 9.83. The van der Waals surface area contributed by atoms with Crippen LogP contribution in [0.1, 0.15) is 36.0 Å². The molecule has 2 fully saturated rings. The van der Waals surface area contributed by atoms with Crippen molar-refractivity contribution in [3.8, 4) is 22.8 Å². The molecule has 5 rings (SSSR count). The summed E-state index contributed by atoms with van der Waals surface area (Å²) >= 11 is 0. The van der Waals surface area contributed by atoms with Crippen LogP contribution in [-0.4, -0.2) is 52.4 Å². The van der Waals surface area contributed by atoms with Gasteiger partial charge in [0.1, 0.15) is 0 Å². The summed E-state index contributed by atoms with van der Waals surface area (Å²) < 4.78 is 52.6. The molecule has 0 aliphatic carbocycles. The van der Waals surface area contributed by atoms with Gasteiger partial charge < -0.3 is 14.4 Å². The van der Waals surface area contributed by atoms with Gasteiger partial charge in [0.15, 0.2) is 0 Å². The fourth-order valence-corrected chi connectivity index (χ4v) is 4.97. The second-order valence-electron chi connectivity index (χ2n) is 9.83. The Bertz CT molecular complexity index is 1230. The molecule has 1 aromatic heterocycles. The highest BCUT2D eigenvalue weighted by atomic mass is 19.4. The van der Waals surface area contributed by atoms with Gasteiger partial charge in [-0.3, -0.25) is 9.69 Å². The van der Waals surface area contributed by atoms with Crippen LogP contribution in [0.15, 0.2) is 47.0 Å². The third kappa shape index (κ3) is 6.02. The van der Waals surface area contributed by atoms with Crippen molar-refractivity contribution in [3.63, 3.8) is 0 Å². The molecule has 2 saturated heterocycles. The number of alkyl halides is 3. The predicted molar refractivity (Wildman–Crippen MR) is 128 cm³/mol. The highest BCUT2D eigenvalue weighted by Crippen LogP contribution is 2.37. The van der Waals surface area contributed by atoms with E-state index in [1.165, 1.54) is 6.07 Å². The molecule has 0 bridgehead atoms. The number of carbonyl (C=O) groups is 1. The van der Waals surface area contributed by atoms with E-state index in [1.54, 1.807) is 6.07 Å². The maximum Gasteiger partial charge on any atom is 0.416 e. The van der Waals surface area contributed by atoms with Gasteiger partial charge in [0, 0.05) is 44.0 Å². The molecule has 7 nitrogen and oxygen atoms in total. The summed E-state index contributed by atoms with van der Waals surface area (Å²) in [5.41, 5.74) is 1.52. The lowest BCUT2D eigenvalue weighted by molar-refractivity contribution is -0.147. The minimum atomic E-state index is -4.49. The molecule has 2 aliphatic rings. The van der Waals surface area contributed by atoms with Gasteiger partial charge in [-0.2, -0.15) is 18.2 Å². The Balaban J connectivity index is 1.29. The van der Waals surface area contributed by atoms with Gasteiger partial charge in [-0.1, -0.05) is 29.4 Å². The first-order valence-corrected chi connectivity index (χ1v) is 12.4. The molecule has 37 heavy (non-hydrogen) atoms. The highest BCUT2D eigenvalue weighted by Gasteiger charge is 2.35. The van der Waals surface area contributed by atoms with Crippen LogP contribution in [0.25, 0.3) is 22.8 Å². The van der Waals surface area contributed by atoms with Crippen LogP contribution < -0.4 is 0 Å². The Kier molecular flexibility index (Phi) is 7.30. The van der Waals surface area contributed by atoms with E-state index in [0.29, 0.717) is 44.8 Å². The van der Waals surface area contributed by atoms with Crippen molar-refractivity contribution in [1.82, 2.24) is 15.0 Å². The summed E-state index contributed by atoms with van der Waals surface area (Å²) in [6.07, 6.45) is -1.66. The fraction of sp³-hybridized carbons (Fsp3) is 0.444. The first-order chi connectivity index (χ1) is 17.8. The van der Waals surface area contributed by atoms with Crippen LogP contribution in [0.3, 0.4) is 0 Å². The van der Waals surface area contributed by atoms with Crippen molar-refractivity contribution in [1.29, 1.82) is 0 Å². The van der Waals surface area contributed by atoms with Gasteiger partial charge in [-0.15, -0.1) is 0 Å². The zero-order valence-corrected chi connectivity index (χ0v) is 20.2. The average Bonchev–Trinajstić information content (AvgIpc) is 3.19. The lowest BCUT2D eigenvalue weighted by Crippen LogP contribution is -2.49. The molecule has 3 aromatic rings. The number of nitrogens with zero attached hydrogens (tertiary/aromatic N) is 3. The Hall–Kier alpha value is -3.24. The van der Waals surface area contributed by atoms with Crippen LogP contribution in [0.4, 0.5) is 13.2 Å². The van der Waals surface area contributed by atoms with Crippen molar-refractivity contribution in [2.24, 2.45) is 11.8 Å². The SMILES string of the molecule is O=C(O)C1CN(Cc2ccc(-c3nc(-c4ccc(CC5CCCOCC5)c(C(F)(F)F)c4)no3)cc2)C1. The van der Waals surface area contributed by atoms with Gasteiger partial charge in [0.2, 0.25) is 5.82 Å². The lowest BCUT2D eigenvalue weighted by atomic mass is 9.89. The molecule has 0 radical (unpaired) electrons. The number of carboxylic acid groups (broad SMARTS) is 1. The van der Waals surface area contributed by atoms with Crippen molar-refractivity contribution in [3.05, 3.63) is 59.2 Å². The summed E-state index contributed by atoms with van der Waals surface area (Å²) in [7, 11) is 0. The van der Waals surface area contributed by atoms with E-state index >= 15 is 0 Å². The zero-order chi connectivity index (χ0) is 26.0. The molecule has 2 aliphatic heterocycles. The van der Waals surface area contributed by atoms with Gasteiger partial charge in [0.05, 0.1) is 11.5 Å². The molecular formula is C27H28F3N3O4. The lowest BCUT2D eigenvalue weighted by Gasteiger charge is -2.36. The van der Waals surface area contributed by atoms with E-state index in [0.717, 1.165) is 30.9 Å². The van der Waals surface area contributed by atoms with Crippen molar-refractivity contribution < 1.29 is 32.3 Å². The Labute approximate surface area is 212 Å². The normalized spacial score (nSPS) is 19.4. The van der Waals surface area contributed by atoms with E-state index in [-0.39, 0.29) is 34.7 Å². The number of carboxylic acids is 1. The van der Waals surface area contributed by atoms with Gasteiger partial charge in [0.25, 0.3) is 5.89 Å². The third-order valence-corrected chi connectivity index (χ3v) is 7.09. The van der Waals surface area contributed by atoms with Crippen LogP contribution >= 0.6 is 0 Å². The number of benzene rings is 2. The van der Waals surface area contributed by atoms with Crippen LogP contribution in [0.2, 0.25) is 0 Å². The molecule has 10 heteroatoms. The highest BCUT2D eigenvalue weighted by molar-refractivity contribution is 5.71. The Morgan fingerprint density at radius 3 is 2.54 bits per heavy atom. The van der Waals surface area contributed by atoms with Gasteiger partial charge in [-0.25, -0.2) is 0 Å². The molecule has 0 amide bonds. The maximum absolute atomic E-state index is 13.9. The maximum atomic E-state index is 13.9. The second kappa shape index (κ2) is 10.6. The average molecular weight is 516 g/mol. The summed E-state index contributed by atoms with van der Waals surface area (Å²) in [6.45, 7) is 2.94. The Morgan fingerprint density at radius 2 is 1.81 bits per heavy atom. The monoisotopic (exact) mass is 515 g/mol. The first kappa shape index (κ1) is 25.4. The largest absolute Gasteiger partial charge is 0.481 e. The number of rotatable bonds is 7. The molecule has 1 atom stereocenters. The van der Waals surface area contributed by atoms with E-state index in [4.69, 9.17) is 14.4 Å². The molecule has 0 spiro atoms.